The van der Waals surface area contributed by atoms with Crippen molar-refractivity contribution in [3.05, 3.63) is 59.7 Å². The van der Waals surface area contributed by atoms with Crippen molar-refractivity contribution in [2.24, 2.45) is 0 Å². The third-order valence-electron chi connectivity index (χ3n) is 7.00. The topological polar surface area (TPSA) is 114 Å². The SMILES string of the molecule is COCCC(NC(=O)OCC1c2ccccc2-c2ccccc21)C(=O)NC1(CC(=O)O)CCCC1. The fraction of sp³-hybridized carbons (Fsp3) is 0.444. The summed E-state index contributed by atoms with van der Waals surface area (Å²) in [4.78, 5) is 37.2. The number of carboxylic acids is 1. The molecule has 2 aliphatic carbocycles. The van der Waals surface area contributed by atoms with Crippen molar-refractivity contribution in [2.45, 2.75) is 56.0 Å². The number of hydrogen-bond donors (Lipinski definition) is 3. The van der Waals surface area contributed by atoms with Gasteiger partial charge in [0.2, 0.25) is 5.91 Å². The molecule has 186 valence electrons. The molecule has 0 spiro atoms. The molecule has 8 heteroatoms. The number of amides is 2. The average Bonchev–Trinajstić information content (AvgIpc) is 3.42. The molecular weight excluding hydrogens is 448 g/mol. The number of fused-ring (bicyclic) bond motifs is 3. The van der Waals surface area contributed by atoms with Crippen molar-refractivity contribution in [2.75, 3.05) is 20.3 Å². The Morgan fingerprint density at radius 1 is 1.03 bits per heavy atom. The van der Waals surface area contributed by atoms with Crippen LogP contribution in [-0.4, -0.2) is 55.0 Å². The molecule has 4 rings (SSSR count). The lowest BCUT2D eigenvalue weighted by molar-refractivity contribution is -0.139. The second-order valence-electron chi connectivity index (χ2n) is 9.35. The number of hydrogen-bond acceptors (Lipinski definition) is 5. The average molecular weight is 481 g/mol. The van der Waals surface area contributed by atoms with Crippen LogP contribution in [0.15, 0.2) is 48.5 Å². The minimum atomic E-state index is -0.954. The highest BCUT2D eigenvalue weighted by molar-refractivity contribution is 5.87. The van der Waals surface area contributed by atoms with E-state index in [1.54, 1.807) is 0 Å². The summed E-state index contributed by atoms with van der Waals surface area (Å²) in [6.45, 7) is 0.398. The van der Waals surface area contributed by atoms with Gasteiger partial charge < -0.3 is 25.2 Å². The van der Waals surface area contributed by atoms with E-state index < -0.39 is 29.6 Å². The van der Waals surface area contributed by atoms with E-state index in [1.807, 2.05) is 36.4 Å². The lowest BCUT2D eigenvalue weighted by Gasteiger charge is -2.31. The Morgan fingerprint density at radius 2 is 1.63 bits per heavy atom. The minimum Gasteiger partial charge on any atom is -0.481 e. The quantitative estimate of drug-likeness (QED) is 0.476. The van der Waals surface area contributed by atoms with E-state index in [9.17, 15) is 19.5 Å². The highest BCUT2D eigenvalue weighted by Gasteiger charge is 2.39. The number of benzene rings is 2. The molecule has 2 aliphatic rings. The van der Waals surface area contributed by atoms with E-state index in [-0.39, 0.29) is 32.0 Å². The molecule has 2 amide bonds. The Labute approximate surface area is 205 Å². The summed E-state index contributed by atoms with van der Waals surface area (Å²) in [5.74, 6) is -1.46. The summed E-state index contributed by atoms with van der Waals surface area (Å²) in [7, 11) is 1.52. The Kier molecular flexibility index (Phi) is 7.70. The Balaban J connectivity index is 1.41. The normalized spacial score (nSPS) is 16.7. The maximum Gasteiger partial charge on any atom is 0.407 e. The monoisotopic (exact) mass is 480 g/mol. The van der Waals surface area contributed by atoms with Crippen molar-refractivity contribution in [3.8, 4) is 11.1 Å². The van der Waals surface area contributed by atoms with Crippen LogP contribution in [0.2, 0.25) is 0 Å². The molecular formula is C27H32N2O6. The lowest BCUT2D eigenvalue weighted by Crippen LogP contribution is -2.55. The van der Waals surface area contributed by atoms with E-state index >= 15 is 0 Å². The fourth-order valence-electron chi connectivity index (χ4n) is 5.32. The van der Waals surface area contributed by atoms with Crippen molar-refractivity contribution in [1.82, 2.24) is 10.6 Å². The van der Waals surface area contributed by atoms with Gasteiger partial charge in [0.1, 0.15) is 12.6 Å². The number of methoxy groups -OCH3 is 1. The van der Waals surface area contributed by atoms with E-state index in [2.05, 4.69) is 22.8 Å². The van der Waals surface area contributed by atoms with E-state index in [0.29, 0.717) is 12.8 Å². The highest BCUT2D eigenvalue weighted by Crippen LogP contribution is 2.44. The first-order valence-electron chi connectivity index (χ1n) is 12.1. The molecule has 2 aromatic rings. The molecule has 8 nitrogen and oxygen atoms in total. The molecule has 1 atom stereocenters. The Hall–Kier alpha value is -3.39. The minimum absolute atomic E-state index is 0.0864. The van der Waals surface area contributed by atoms with Gasteiger partial charge in [-0.1, -0.05) is 61.4 Å². The van der Waals surface area contributed by atoms with Crippen LogP contribution >= 0.6 is 0 Å². The number of aliphatic carboxylic acids is 1. The van der Waals surface area contributed by atoms with Gasteiger partial charge in [0.25, 0.3) is 0 Å². The summed E-state index contributed by atoms with van der Waals surface area (Å²) in [5, 5.41) is 14.9. The predicted octanol–water partition coefficient (Wildman–Crippen LogP) is 3.83. The van der Waals surface area contributed by atoms with Gasteiger partial charge in [-0.3, -0.25) is 9.59 Å². The molecule has 0 aromatic heterocycles. The first kappa shape index (κ1) is 24.7. The Bertz CT molecular complexity index is 1030. The van der Waals surface area contributed by atoms with Gasteiger partial charge >= 0.3 is 12.1 Å². The maximum absolute atomic E-state index is 13.1. The highest BCUT2D eigenvalue weighted by atomic mass is 16.5. The molecule has 0 radical (unpaired) electrons. The van der Waals surface area contributed by atoms with Crippen LogP contribution < -0.4 is 10.6 Å². The molecule has 1 unspecified atom stereocenters. The number of carbonyl (C=O) groups is 3. The van der Waals surface area contributed by atoms with Gasteiger partial charge in [0.15, 0.2) is 0 Å². The van der Waals surface area contributed by atoms with Crippen molar-refractivity contribution in [3.63, 3.8) is 0 Å². The van der Waals surface area contributed by atoms with Crippen LogP contribution in [0.25, 0.3) is 11.1 Å². The molecule has 0 saturated heterocycles. The third kappa shape index (κ3) is 5.65. The summed E-state index contributed by atoms with van der Waals surface area (Å²) in [6, 6.07) is 15.2. The number of carboxylic acid groups (broad SMARTS) is 1. The molecule has 2 aromatic carbocycles. The summed E-state index contributed by atoms with van der Waals surface area (Å²) in [6.07, 6.45) is 2.34. The van der Waals surface area contributed by atoms with Gasteiger partial charge in [0, 0.05) is 26.1 Å². The van der Waals surface area contributed by atoms with E-state index in [1.165, 1.54) is 7.11 Å². The number of nitrogens with one attached hydrogen (secondary N) is 2. The molecule has 1 saturated carbocycles. The van der Waals surface area contributed by atoms with Crippen LogP contribution in [0.3, 0.4) is 0 Å². The number of carbonyl (C=O) groups excluding carboxylic acids is 2. The number of rotatable bonds is 10. The zero-order chi connectivity index (χ0) is 24.8. The van der Waals surface area contributed by atoms with Crippen LogP contribution in [0.1, 0.15) is 55.6 Å². The molecule has 3 N–H and O–H groups in total. The first-order chi connectivity index (χ1) is 16.9. The standard InChI is InChI=1S/C27H32N2O6/c1-34-15-12-23(25(32)29-27(16-24(30)31)13-6-7-14-27)28-26(33)35-17-22-20-10-4-2-8-18(20)19-9-3-5-11-21(19)22/h2-5,8-11,22-23H,6-7,12-17H2,1H3,(H,28,33)(H,29,32)(H,30,31). The van der Waals surface area contributed by atoms with Gasteiger partial charge in [-0.05, 0) is 35.1 Å². The van der Waals surface area contributed by atoms with Gasteiger partial charge in [-0.25, -0.2) is 4.79 Å². The van der Waals surface area contributed by atoms with Gasteiger partial charge in [-0.15, -0.1) is 0 Å². The lowest BCUT2D eigenvalue weighted by atomic mass is 9.92. The van der Waals surface area contributed by atoms with E-state index in [0.717, 1.165) is 35.1 Å². The van der Waals surface area contributed by atoms with Crippen molar-refractivity contribution < 1.29 is 29.0 Å². The molecule has 35 heavy (non-hydrogen) atoms. The summed E-state index contributed by atoms with van der Waals surface area (Å²) in [5.41, 5.74) is 3.69. The Morgan fingerprint density at radius 3 is 2.20 bits per heavy atom. The van der Waals surface area contributed by atoms with Crippen LogP contribution in [-0.2, 0) is 19.1 Å². The zero-order valence-corrected chi connectivity index (χ0v) is 19.9. The van der Waals surface area contributed by atoms with Crippen LogP contribution in [0.4, 0.5) is 4.79 Å². The van der Waals surface area contributed by atoms with Gasteiger partial charge in [0.05, 0.1) is 12.0 Å². The smallest absolute Gasteiger partial charge is 0.407 e. The third-order valence-corrected chi connectivity index (χ3v) is 7.00. The molecule has 0 aliphatic heterocycles. The second-order valence-corrected chi connectivity index (χ2v) is 9.35. The maximum atomic E-state index is 13.1. The fourth-order valence-corrected chi connectivity index (χ4v) is 5.32. The van der Waals surface area contributed by atoms with Crippen LogP contribution in [0.5, 0.6) is 0 Å². The van der Waals surface area contributed by atoms with Crippen molar-refractivity contribution in [1.29, 1.82) is 0 Å². The van der Waals surface area contributed by atoms with Crippen molar-refractivity contribution >= 4 is 18.0 Å². The molecule has 0 heterocycles. The summed E-state index contributed by atoms with van der Waals surface area (Å²) < 4.78 is 10.7. The second kappa shape index (κ2) is 10.9. The van der Waals surface area contributed by atoms with E-state index in [4.69, 9.17) is 9.47 Å². The first-order valence-corrected chi connectivity index (χ1v) is 12.1. The predicted molar refractivity (Wildman–Crippen MR) is 130 cm³/mol. The number of alkyl carbamates (subject to hydrolysis) is 1. The molecule has 0 bridgehead atoms. The largest absolute Gasteiger partial charge is 0.481 e. The zero-order valence-electron chi connectivity index (χ0n) is 19.9. The van der Waals surface area contributed by atoms with Crippen LogP contribution in [0, 0.1) is 0 Å². The van der Waals surface area contributed by atoms with Gasteiger partial charge in [-0.2, -0.15) is 0 Å². The number of ether oxygens (including phenoxy) is 2. The summed E-state index contributed by atoms with van der Waals surface area (Å²) >= 11 is 0. The molecule has 1 fully saturated rings.